The minimum atomic E-state index is -0.456. The molecule has 0 fully saturated rings. The van der Waals surface area contributed by atoms with E-state index >= 15 is 0 Å². The van der Waals surface area contributed by atoms with Gasteiger partial charge in [-0.1, -0.05) is 91.4 Å². The monoisotopic (exact) mass is 356 g/mol. The molecule has 150 valence electrons. The van der Waals surface area contributed by atoms with E-state index in [2.05, 4.69) is 20.8 Å². The van der Waals surface area contributed by atoms with E-state index in [0.29, 0.717) is 6.61 Å². The molecule has 0 aromatic heterocycles. The number of rotatable bonds is 18. The van der Waals surface area contributed by atoms with Gasteiger partial charge in [0.05, 0.1) is 6.61 Å². The van der Waals surface area contributed by atoms with Crippen LogP contribution >= 0.6 is 0 Å². The van der Waals surface area contributed by atoms with Gasteiger partial charge in [0.2, 0.25) is 0 Å². The van der Waals surface area contributed by atoms with Gasteiger partial charge in [-0.05, 0) is 32.1 Å². The molecule has 25 heavy (non-hydrogen) atoms. The normalized spacial score (nSPS) is 12.1. The van der Waals surface area contributed by atoms with Crippen molar-refractivity contribution >= 4 is 6.16 Å². The van der Waals surface area contributed by atoms with E-state index in [4.69, 9.17) is 9.47 Å². The van der Waals surface area contributed by atoms with Crippen molar-refractivity contribution in [3.8, 4) is 0 Å². The van der Waals surface area contributed by atoms with Gasteiger partial charge < -0.3 is 9.47 Å². The zero-order valence-corrected chi connectivity index (χ0v) is 17.3. The summed E-state index contributed by atoms with van der Waals surface area (Å²) < 4.78 is 10.8. The van der Waals surface area contributed by atoms with Crippen LogP contribution in [0.5, 0.6) is 0 Å². The molecular formula is C22H44O3. The second-order valence-electron chi connectivity index (χ2n) is 7.30. The summed E-state index contributed by atoms with van der Waals surface area (Å²) in [5, 5.41) is 0. The fourth-order valence-corrected chi connectivity index (χ4v) is 3.07. The average Bonchev–Trinajstić information content (AvgIpc) is 2.61. The third-order valence-electron chi connectivity index (χ3n) is 4.74. The third-order valence-corrected chi connectivity index (χ3v) is 4.74. The number of hydrogen-bond donors (Lipinski definition) is 0. The van der Waals surface area contributed by atoms with Crippen molar-refractivity contribution in [1.82, 2.24) is 0 Å². The predicted octanol–water partition coefficient (Wildman–Crippen LogP) is 7.81. The van der Waals surface area contributed by atoms with E-state index in [9.17, 15) is 4.79 Å². The first-order valence-electron chi connectivity index (χ1n) is 11.1. The first-order valence-corrected chi connectivity index (χ1v) is 11.1. The van der Waals surface area contributed by atoms with Gasteiger partial charge in [-0.25, -0.2) is 4.79 Å². The van der Waals surface area contributed by atoms with E-state index in [1.54, 1.807) is 0 Å². The van der Waals surface area contributed by atoms with Crippen molar-refractivity contribution < 1.29 is 14.3 Å². The Morgan fingerprint density at radius 2 is 1.08 bits per heavy atom. The third kappa shape index (κ3) is 17.9. The Hall–Kier alpha value is -0.730. The van der Waals surface area contributed by atoms with Gasteiger partial charge in [0.15, 0.2) is 0 Å². The summed E-state index contributed by atoms with van der Waals surface area (Å²) in [5.74, 6) is 0. The maximum atomic E-state index is 11.9. The summed E-state index contributed by atoms with van der Waals surface area (Å²) in [6, 6.07) is 0. The molecule has 0 rings (SSSR count). The lowest BCUT2D eigenvalue weighted by Gasteiger charge is -2.17. The molecule has 1 unspecified atom stereocenters. The van der Waals surface area contributed by atoms with Crippen LogP contribution in [0.1, 0.15) is 124 Å². The summed E-state index contributed by atoms with van der Waals surface area (Å²) in [6.45, 7) is 7.15. The number of carbonyl (C=O) groups is 1. The Morgan fingerprint density at radius 1 is 0.640 bits per heavy atom. The fourth-order valence-electron chi connectivity index (χ4n) is 3.07. The zero-order chi connectivity index (χ0) is 18.6. The molecule has 0 heterocycles. The van der Waals surface area contributed by atoms with Gasteiger partial charge in [0.25, 0.3) is 0 Å². The average molecular weight is 357 g/mol. The van der Waals surface area contributed by atoms with Gasteiger partial charge in [-0.15, -0.1) is 0 Å². The highest BCUT2D eigenvalue weighted by molar-refractivity contribution is 5.60. The van der Waals surface area contributed by atoms with Crippen molar-refractivity contribution in [3.05, 3.63) is 0 Å². The Labute approximate surface area is 157 Å². The minimum Gasteiger partial charge on any atom is -0.434 e. The molecule has 3 nitrogen and oxygen atoms in total. The summed E-state index contributed by atoms with van der Waals surface area (Å²) in [4.78, 5) is 11.9. The summed E-state index contributed by atoms with van der Waals surface area (Å²) >= 11 is 0. The molecule has 0 saturated heterocycles. The van der Waals surface area contributed by atoms with Crippen molar-refractivity contribution in [1.29, 1.82) is 0 Å². The van der Waals surface area contributed by atoms with Crippen LogP contribution < -0.4 is 0 Å². The van der Waals surface area contributed by atoms with Gasteiger partial charge >= 0.3 is 6.16 Å². The SMILES string of the molecule is CCCCCCCCC(CCCCCC)OC(=O)OCCCCCC. The molecule has 1 atom stereocenters. The van der Waals surface area contributed by atoms with Crippen LogP contribution in [0.3, 0.4) is 0 Å². The fraction of sp³-hybridized carbons (Fsp3) is 0.955. The smallest absolute Gasteiger partial charge is 0.434 e. The van der Waals surface area contributed by atoms with Crippen LogP contribution in [0.15, 0.2) is 0 Å². The van der Waals surface area contributed by atoms with Crippen molar-refractivity contribution in [3.63, 3.8) is 0 Å². The van der Waals surface area contributed by atoms with E-state index < -0.39 is 6.16 Å². The lowest BCUT2D eigenvalue weighted by molar-refractivity contribution is 0.0155. The van der Waals surface area contributed by atoms with Crippen LogP contribution in [0, 0.1) is 0 Å². The van der Waals surface area contributed by atoms with Crippen molar-refractivity contribution in [2.45, 2.75) is 130 Å². The van der Waals surface area contributed by atoms with E-state index in [-0.39, 0.29) is 6.10 Å². The van der Waals surface area contributed by atoms with Crippen molar-refractivity contribution in [2.75, 3.05) is 6.61 Å². The molecule has 0 aromatic carbocycles. The zero-order valence-electron chi connectivity index (χ0n) is 17.3. The highest BCUT2D eigenvalue weighted by atomic mass is 16.7. The Morgan fingerprint density at radius 3 is 1.64 bits per heavy atom. The molecule has 0 aliphatic rings. The largest absolute Gasteiger partial charge is 0.508 e. The molecule has 0 amide bonds. The second kappa shape index (κ2) is 19.6. The molecule has 0 aliphatic carbocycles. The summed E-state index contributed by atoms with van der Waals surface area (Å²) in [6.07, 6.45) is 18.6. The van der Waals surface area contributed by atoms with E-state index in [0.717, 1.165) is 38.5 Å². The molecule has 0 radical (unpaired) electrons. The van der Waals surface area contributed by atoms with Gasteiger partial charge in [0.1, 0.15) is 6.10 Å². The molecule has 0 spiro atoms. The maximum absolute atomic E-state index is 11.9. The molecule has 3 heteroatoms. The topological polar surface area (TPSA) is 35.5 Å². The quantitative estimate of drug-likeness (QED) is 0.185. The Balaban J connectivity index is 3.95. The van der Waals surface area contributed by atoms with Crippen LogP contribution in [-0.4, -0.2) is 18.9 Å². The number of ether oxygens (including phenoxy) is 2. The van der Waals surface area contributed by atoms with Gasteiger partial charge in [-0.2, -0.15) is 0 Å². The highest BCUT2D eigenvalue weighted by Gasteiger charge is 2.15. The van der Waals surface area contributed by atoms with Crippen LogP contribution in [0.2, 0.25) is 0 Å². The molecule has 0 aliphatic heterocycles. The lowest BCUT2D eigenvalue weighted by Crippen LogP contribution is -2.19. The Bertz CT molecular complexity index is 278. The molecule has 0 N–H and O–H groups in total. The highest BCUT2D eigenvalue weighted by Crippen LogP contribution is 2.17. The standard InChI is InChI=1S/C22H44O3/c1-4-7-10-13-14-16-19-21(18-15-11-8-5-2)25-22(23)24-20-17-12-9-6-3/h21H,4-20H2,1-3H3. The number of unbranched alkanes of at least 4 members (excludes halogenated alkanes) is 11. The minimum absolute atomic E-state index is 0.0474. The van der Waals surface area contributed by atoms with Gasteiger partial charge in [-0.3, -0.25) is 0 Å². The molecule has 0 bridgehead atoms. The first-order chi connectivity index (χ1) is 12.2. The van der Waals surface area contributed by atoms with E-state index in [1.165, 1.54) is 64.2 Å². The van der Waals surface area contributed by atoms with Crippen molar-refractivity contribution in [2.24, 2.45) is 0 Å². The molecule has 0 saturated carbocycles. The Kier molecular flexibility index (Phi) is 19.0. The predicted molar refractivity (Wildman–Crippen MR) is 107 cm³/mol. The van der Waals surface area contributed by atoms with Gasteiger partial charge in [0, 0.05) is 0 Å². The summed E-state index contributed by atoms with van der Waals surface area (Å²) in [7, 11) is 0. The number of hydrogen-bond acceptors (Lipinski definition) is 3. The summed E-state index contributed by atoms with van der Waals surface area (Å²) in [5.41, 5.74) is 0. The number of carbonyl (C=O) groups excluding carboxylic acids is 1. The van der Waals surface area contributed by atoms with Crippen LogP contribution in [-0.2, 0) is 9.47 Å². The first kappa shape index (κ1) is 24.3. The lowest BCUT2D eigenvalue weighted by atomic mass is 10.0. The molecule has 0 aromatic rings. The van der Waals surface area contributed by atoms with Crippen LogP contribution in [0.25, 0.3) is 0 Å². The van der Waals surface area contributed by atoms with Crippen LogP contribution in [0.4, 0.5) is 4.79 Å². The molecular weight excluding hydrogens is 312 g/mol. The second-order valence-corrected chi connectivity index (χ2v) is 7.30. The van der Waals surface area contributed by atoms with E-state index in [1.807, 2.05) is 0 Å². The maximum Gasteiger partial charge on any atom is 0.508 e.